The molecule has 2 rings (SSSR count). The Bertz CT molecular complexity index is 599. The average molecular weight is 281 g/mol. The maximum absolute atomic E-state index is 13.7. The van der Waals surface area contributed by atoms with Crippen LogP contribution in [0.3, 0.4) is 0 Å². The second kappa shape index (κ2) is 5.81. The minimum Gasteiger partial charge on any atom is -0.371 e. The van der Waals surface area contributed by atoms with Crippen molar-refractivity contribution in [3.05, 3.63) is 53.3 Å². The predicted molar refractivity (Wildman–Crippen MR) is 72.1 cm³/mol. The molecule has 0 aliphatic heterocycles. The van der Waals surface area contributed by atoms with Crippen LogP contribution in [0.5, 0.6) is 0 Å². The van der Waals surface area contributed by atoms with E-state index in [9.17, 15) is 13.2 Å². The molecule has 2 aromatic rings. The number of pyridine rings is 1. The summed E-state index contributed by atoms with van der Waals surface area (Å²) in [4.78, 5) is 3.83. The number of nitrogens with one attached hydrogen (secondary N) is 2. The van der Waals surface area contributed by atoms with Gasteiger partial charge >= 0.3 is 0 Å². The van der Waals surface area contributed by atoms with Gasteiger partial charge in [0.25, 0.3) is 0 Å². The van der Waals surface area contributed by atoms with Gasteiger partial charge in [0, 0.05) is 13.1 Å². The van der Waals surface area contributed by atoms with Crippen LogP contribution in [0.2, 0.25) is 0 Å². The summed E-state index contributed by atoms with van der Waals surface area (Å²) in [6, 6.07) is 6.29. The van der Waals surface area contributed by atoms with Crippen LogP contribution in [0.25, 0.3) is 0 Å². The molecule has 0 saturated carbocycles. The molecular formula is C14H14F3N3. The van der Waals surface area contributed by atoms with Crippen molar-refractivity contribution in [2.75, 3.05) is 17.7 Å². The first kappa shape index (κ1) is 14.2. The zero-order valence-corrected chi connectivity index (χ0v) is 11.0. The van der Waals surface area contributed by atoms with Gasteiger partial charge in [0.2, 0.25) is 0 Å². The molecule has 1 unspecified atom stereocenters. The molecule has 0 amide bonds. The Kier molecular flexibility index (Phi) is 4.12. The standard InChI is InChI=1S/C14H14F3N3/c1-8(9-3-5-10(15)6-4-9)19-14-12(17)7-11(16)13(18-2)20-14/h3-8H,1-2H3,(H2,18,19,20). The van der Waals surface area contributed by atoms with Crippen LogP contribution in [0.15, 0.2) is 30.3 Å². The van der Waals surface area contributed by atoms with Crippen molar-refractivity contribution in [1.82, 2.24) is 4.98 Å². The highest BCUT2D eigenvalue weighted by atomic mass is 19.1. The minimum absolute atomic E-state index is 0.0415. The number of hydrogen-bond donors (Lipinski definition) is 2. The fraction of sp³-hybridized carbons (Fsp3) is 0.214. The normalized spacial score (nSPS) is 12.1. The van der Waals surface area contributed by atoms with Crippen molar-refractivity contribution in [3.8, 4) is 0 Å². The van der Waals surface area contributed by atoms with Crippen LogP contribution >= 0.6 is 0 Å². The molecule has 0 spiro atoms. The van der Waals surface area contributed by atoms with Crippen molar-refractivity contribution in [2.24, 2.45) is 0 Å². The summed E-state index contributed by atoms with van der Waals surface area (Å²) in [5.41, 5.74) is 0.767. The molecule has 1 aromatic carbocycles. The van der Waals surface area contributed by atoms with Gasteiger partial charge in [0.1, 0.15) is 5.82 Å². The van der Waals surface area contributed by atoms with Crippen LogP contribution in [0.1, 0.15) is 18.5 Å². The first-order valence-electron chi connectivity index (χ1n) is 6.07. The predicted octanol–water partition coefficient (Wildman–Crippen LogP) is 3.71. The molecule has 2 N–H and O–H groups in total. The van der Waals surface area contributed by atoms with Gasteiger partial charge in [-0.05, 0) is 24.6 Å². The molecule has 3 nitrogen and oxygen atoms in total. The Morgan fingerprint density at radius 2 is 1.60 bits per heavy atom. The van der Waals surface area contributed by atoms with Gasteiger partial charge in [-0.25, -0.2) is 18.2 Å². The lowest BCUT2D eigenvalue weighted by Crippen LogP contribution is -2.11. The van der Waals surface area contributed by atoms with Crippen LogP contribution in [-0.2, 0) is 0 Å². The highest BCUT2D eigenvalue weighted by Crippen LogP contribution is 2.23. The summed E-state index contributed by atoms with van der Waals surface area (Å²) in [5.74, 6) is -1.99. The lowest BCUT2D eigenvalue weighted by Gasteiger charge is -2.16. The average Bonchev–Trinajstić information content (AvgIpc) is 2.42. The Morgan fingerprint density at radius 3 is 2.20 bits per heavy atom. The van der Waals surface area contributed by atoms with Crippen molar-refractivity contribution >= 4 is 11.6 Å². The highest BCUT2D eigenvalue weighted by molar-refractivity contribution is 5.48. The molecule has 1 heterocycles. The van der Waals surface area contributed by atoms with E-state index in [4.69, 9.17) is 0 Å². The first-order chi connectivity index (χ1) is 9.51. The van der Waals surface area contributed by atoms with E-state index in [-0.39, 0.29) is 23.5 Å². The molecular weight excluding hydrogens is 267 g/mol. The van der Waals surface area contributed by atoms with Crippen LogP contribution < -0.4 is 10.6 Å². The number of anilines is 2. The second-order valence-electron chi connectivity index (χ2n) is 4.32. The third-order valence-electron chi connectivity index (χ3n) is 2.89. The van der Waals surface area contributed by atoms with Crippen LogP contribution in [-0.4, -0.2) is 12.0 Å². The van der Waals surface area contributed by atoms with Gasteiger partial charge in [-0.15, -0.1) is 0 Å². The molecule has 1 aromatic heterocycles. The number of hydrogen-bond acceptors (Lipinski definition) is 3. The molecule has 0 aliphatic carbocycles. The fourth-order valence-corrected chi connectivity index (χ4v) is 1.78. The summed E-state index contributed by atoms with van der Waals surface area (Å²) in [7, 11) is 1.50. The van der Waals surface area contributed by atoms with Crippen molar-refractivity contribution in [3.63, 3.8) is 0 Å². The van der Waals surface area contributed by atoms with E-state index in [0.29, 0.717) is 0 Å². The minimum atomic E-state index is -0.782. The Labute approximate surface area is 114 Å². The topological polar surface area (TPSA) is 37.0 Å². The van der Waals surface area contributed by atoms with E-state index < -0.39 is 11.6 Å². The van der Waals surface area contributed by atoms with Crippen LogP contribution in [0.4, 0.5) is 24.8 Å². The first-order valence-corrected chi connectivity index (χ1v) is 6.07. The third kappa shape index (κ3) is 3.01. The summed E-state index contributed by atoms with van der Waals surface area (Å²) < 4.78 is 39.8. The molecule has 0 radical (unpaired) electrons. The number of nitrogens with zero attached hydrogens (tertiary/aromatic N) is 1. The molecule has 106 valence electrons. The van der Waals surface area contributed by atoms with Crippen molar-refractivity contribution in [2.45, 2.75) is 13.0 Å². The summed E-state index contributed by atoms with van der Waals surface area (Å²) in [5, 5.41) is 5.37. The quantitative estimate of drug-likeness (QED) is 0.897. The summed E-state index contributed by atoms with van der Waals surface area (Å²) in [6.07, 6.45) is 0. The number of benzene rings is 1. The van der Waals surface area contributed by atoms with Gasteiger partial charge in [-0.1, -0.05) is 12.1 Å². The zero-order valence-electron chi connectivity index (χ0n) is 11.0. The Balaban J connectivity index is 2.23. The summed E-state index contributed by atoms with van der Waals surface area (Å²) in [6.45, 7) is 1.77. The van der Waals surface area contributed by atoms with E-state index in [0.717, 1.165) is 11.6 Å². The monoisotopic (exact) mass is 281 g/mol. The van der Waals surface area contributed by atoms with Gasteiger partial charge in [-0.2, -0.15) is 0 Å². The lowest BCUT2D eigenvalue weighted by atomic mass is 10.1. The lowest BCUT2D eigenvalue weighted by molar-refractivity contribution is 0.577. The van der Waals surface area contributed by atoms with Crippen molar-refractivity contribution < 1.29 is 13.2 Å². The Hall–Kier alpha value is -2.24. The molecule has 0 saturated heterocycles. The maximum atomic E-state index is 13.7. The Morgan fingerprint density at radius 1 is 1.00 bits per heavy atom. The van der Waals surface area contributed by atoms with E-state index >= 15 is 0 Å². The molecule has 20 heavy (non-hydrogen) atoms. The maximum Gasteiger partial charge on any atom is 0.168 e. The largest absolute Gasteiger partial charge is 0.371 e. The molecule has 0 aliphatic rings. The van der Waals surface area contributed by atoms with Gasteiger partial charge < -0.3 is 10.6 Å². The fourth-order valence-electron chi connectivity index (χ4n) is 1.78. The molecule has 0 bridgehead atoms. The van der Waals surface area contributed by atoms with E-state index in [1.54, 1.807) is 19.1 Å². The van der Waals surface area contributed by atoms with E-state index in [2.05, 4.69) is 15.6 Å². The van der Waals surface area contributed by atoms with Gasteiger partial charge in [0.15, 0.2) is 23.3 Å². The van der Waals surface area contributed by atoms with Gasteiger partial charge in [-0.3, -0.25) is 0 Å². The van der Waals surface area contributed by atoms with Gasteiger partial charge in [0.05, 0.1) is 6.04 Å². The molecule has 0 fully saturated rings. The molecule has 1 atom stereocenters. The molecule has 6 heteroatoms. The van der Waals surface area contributed by atoms with Crippen LogP contribution in [0, 0.1) is 17.5 Å². The number of rotatable bonds is 4. The van der Waals surface area contributed by atoms with E-state index in [1.165, 1.54) is 19.2 Å². The second-order valence-corrected chi connectivity index (χ2v) is 4.32. The number of halogens is 3. The third-order valence-corrected chi connectivity index (χ3v) is 2.89. The zero-order chi connectivity index (χ0) is 14.7. The highest BCUT2D eigenvalue weighted by Gasteiger charge is 2.14. The number of aromatic nitrogens is 1. The SMILES string of the molecule is CNc1nc(NC(C)c2ccc(F)cc2)c(F)cc1F. The van der Waals surface area contributed by atoms with E-state index in [1.807, 2.05) is 0 Å². The summed E-state index contributed by atoms with van der Waals surface area (Å²) >= 11 is 0. The van der Waals surface area contributed by atoms with Crippen molar-refractivity contribution in [1.29, 1.82) is 0 Å². The smallest absolute Gasteiger partial charge is 0.168 e.